The fourth-order valence-electron chi connectivity index (χ4n) is 5.40. The molecule has 0 unspecified atom stereocenters. The van der Waals surface area contributed by atoms with Gasteiger partial charge in [0.2, 0.25) is 0 Å². The van der Waals surface area contributed by atoms with Crippen molar-refractivity contribution < 1.29 is 46.3 Å². The minimum absolute atomic E-state index is 0. The molecule has 6 nitrogen and oxygen atoms in total. The van der Waals surface area contributed by atoms with Gasteiger partial charge in [0.1, 0.15) is 23.0 Å². The number of carboxylic acid groups (broad SMARTS) is 2. The number of fused-ring (bicyclic) bond motifs is 4. The SMILES string of the molecule is CC(C)c1ccc2c(c1C(=O)[O-])Cc1ccccc1O2.CC(C)c1ccc2c(c1C(=O)[O-])Cc1ccccc1O2.[Cu+2]. The number of carboxylic acids is 2. The van der Waals surface area contributed by atoms with Gasteiger partial charge in [0.15, 0.2) is 0 Å². The first-order valence-corrected chi connectivity index (χ1v) is 13.4. The maximum Gasteiger partial charge on any atom is 2.00 e. The van der Waals surface area contributed by atoms with E-state index in [4.69, 9.17) is 9.47 Å². The molecule has 0 bridgehead atoms. The summed E-state index contributed by atoms with van der Waals surface area (Å²) in [6.45, 7) is 7.91. The van der Waals surface area contributed by atoms with Crippen molar-refractivity contribution in [2.45, 2.75) is 52.4 Å². The molecule has 1 radical (unpaired) electrons. The van der Waals surface area contributed by atoms with Gasteiger partial charge in [-0.25, -0.2) is 0 Å². The topological polar surface area (TPSA) is 98.7 Å². The summed E-state index contributed by atoms with van der Waals surface area (Å²) in [7, 11) is 0. The van der Waals surface area contributed by atoms with Crippen molar-refractivity contribution in [3.63, 3.8) is 0 Å². The van der Waals surface area contributed by atoms with Crippen LogP contribution in [0.15, 0.2) is 72.8 Å². The Morgan fingerprint density at radius 3 is 1.29 bits per heavy atom. The van der Waals surface area contributed by atoms with Crippen LogP contribution in [0.4, 0.5) is 0 Å². The smallest absolute Gasteiger partial charge is 0.545 e. The molecule has 2 heterocycles. The van der Waals surface area contributed by atoms with Crippen LogP contribution in [0.1, 0.15) is 93.6 Å². The molecule has 0 aromatic heterocycles. The molecular weight excluding hydrogens is 568 g/mol. The number of ether oxygens (including phenoxy) is 2. The summed E-state index contributed by atoms with van der Waals surface area (Å²) in [5, 5.41) is 23.1. The standard InChI is InChI=1S/2C17H16O3.Cu/c2*1-10(2)12-7-8-15-13(16(12)17(18)19)9-11-5-3-4-6-14(11)20-15;/h2*3-8,10H,9H2,1-2H3,(H,18,19);/q;;+2/p-2. The molecule has 2 aliphatic rings. The molecule has 0 fully saturated rings. The average molecular weight is 598 g/mol. The van der Waals surface area contributed by atoms with Crippen LogP contribution >= 0.6 is 0 Å². The molecular formula is C34H30CuO6. The minimum Gasteiger partial charge on any atom is -0.545 e. The Morgan fingerprint density at radius 1 is 0.585 bits per heavy atom. The third-order valence-corrected chi connectivity index (χ3v) is 7.38. The van der Waals surface area contributed by atoms with Gasteiger partial charge in [-0.15, -0.1) is 0 Å². The Kier molecular flexibility index (Phi) is 8.91. The van der Waals surface area contributed by atoms with Gasteiger partial charge in [-0.3, -0.25) is 0 Å². The molecule has 6 rings (SSSR count). The van der Waals surface area contributed by atoms with Crippen LogP contribution in [0.3, 0.4) is 0 Å². The number of hydrogen-bond donors (Lipinski definition) is 0. The van der Waals surface area contributed by atoms with E-state index in [0.29, 0.717) is 24.3 Å². The molecule has 0 N–H and O–H groups in total. The van der Waals surface area contributed by atoms with Crippen molar-refractivity contribution in [2.75, 3.05) is 0 Å². The first-order valence-electron chi connectivity index (χ1n) is 13.4. The molecule has 0 atom stereocenters. The van der Waals surface area contributed by atoms with Crippen LogP contribution in [-0.2, 0) is 29.9 Å². The zero-order valence-electron chi connectivity index (χ0n) is 23.2. The zero-order chi connectivity index (χ0) is 28.6. The maximum atomic E-state index is 11.5. The number of carbonyl (C=O) groups is 2. The fourth-order valence-corrected chi connectivity index (χ4v) is 5.40. The van der Waals surface area contributed by atoms with Crippen LogP contribution in [0.25, 0.3) is 0 Å². The molecule has 0 saturated heterocycles. The molecule has 2 aliphatic heterocycles. The molecule has 4 aromatic carbocycles. The summed E-state index contributed by atoms with van der Waals surface area (Å²) >= 11 is 0. The van der Waals surface area contributed by atoms with Gasteiger partial charge in [-0.1, -0.05) is 76.2 Å². The van der Waals surface area contributed by atoms with E-state index in [1.54, 1.807) is 0 Å². The van der Waals surface area contributed by atoms with Crippen molar-refractivity contribution >= 4 is 11.9 Å². The molecule has 0 spiro atoms. The van der Waals surface area contributed by atoms with E-state index in [1.165, 1.54) is 0 Å². The molecule has 0 saturated carbocycles. The molecule has 41 heavy (non-hydrogen) atoms. The van der Waals surface area contributed by atoms with E-state index in [2.05, 4.69) is 0 Å². The predicted molar refractivity (Wildman–Crippen MR) is 148 cm³/mol. The first kappa shape index (κ1) is 29.9. The number of benzene rings is 4. The number of carbonyl (C=O) groups excluding carboxylic acids is 2. The monoisotopic (exact) mass is 597 g/mol. The van der Waals surface area contributed by atoms with Gasteiger partial charge in [-0.2, -0.15) is 0 Å². The third-order valence-electron chi connectivity index (χ3n) is 7.38. The normalized spacial score (nSPS) is 12.2. The van der Waals surface area contributed by atoms with Gasteiger partial charge in [0.05, 0.1) is 11.9 Å². The molecule has 4 aromatic rings. The second-order valence-corrected chi connectivity index (χ2v) is 10.7. The molecule has 0 aliphatic carbocycles. The molecule has 213 valence electrons. The Labute approximate surface area is 250 Å². The molecule has 0 amide bonds. The van der Waals surface area contributed by atoms with E-state index >= 15 is 0 Å². The van der Waals surface area contributed by atoms with Crippen LogP contribution < -0.4 is 19.7 Å². The average Bonchev–Trinajstić information content (AvgIpc) is 2.93. The number of rotatable bonds is 4. The zero-order valence-corrected chi connectivity index (χ0v) is 24.2. The summed E-state index contributed by atoms with van der Waals surface area (Å²) in [5.74, 6) is 0.820. The van der Waals surface area contributed by atoms with Gasteiger partial charge in [0, 0.05) is 35.1 Å². The van der Waals surface area contributed by atoms with Crippen molar-refractivity contribution in [3.05, 3.63) is 117 Å². The quantitative estimate of drug-likeness (QED) is 0.240. The van der Waals surface area contributed by atoms with Crippen molar-refractivity contribution in [1.29, 1.82) is 0 Å². The van der Waals surface area contributed by atoms with E-state index < -0.39 is 11.9 Å². The van der Waals surface area contributed by atoms with Gasteiger partial charge >= 0.3 is 17.1 Å². The summed E-state index contributed by atoms with van der Waals surface area (Å²) in [6.07, 6.45) is 1.13. The largest absolute Gasteiger partial charge is 2.00 e. The van der Waals surface area contributed by atoms with Gasteiger partial charge in [0.25, 0.3) is 0 Å². The van der Waals surface area contributed by atoms with E-state index in [0.717, 1.165) is 44.9 Å². The van der Waals surface area contributed by atoms with Crippen LogP contribution in [-0.4, -0.2) is 11.9 Å². The molecule has 7 heteroatoms. The van der Waals surface area contributed by atoms with Gasteiger partial charge < -0.3 is 29.3 Å². The number of aromatic carboxylic acids is 2. The summed E-state index contributed by atoms with van der Waals surface area (Å²) in [6, 6.07) is 22.7. The maximum absolute atomic E-state index is 11.5. The van der Waals surface area contributed by atoms with Crippen molar-refractivity contribution in [2.24, 2.45) is 0 Å². The van der Waals surface area contributed by atoms with E-state index in [-0.39, 0.29) is 40.0 Å². The third kappa shape index (κ3) is 5.88. The number of para-hydroxylation sites is 2. The Bertz CT molecular complexity index is 1500. The van der Waals surface area contributed by atoms with Gasteiger partial charge in [-0.05, 0) is 58.4 Å². The van der Waals surface area contributed by atoms with Crippen molar-refractivity contribution in [1.82, 2.24) is 0 Å². The first-order chi connectivity index (χ1) is 19.2. The second-order valence-electron chi connectivity index (χ2n) is 10.7. The van der Waals surface area contributed by atoms with Crippen LogP contribution in [0.5, 0.6) is 23.0 Å². The predicted octanol–water partition coefficient (Wildman–Crippen LogP) is 5.74. The Morgan fingerprint density at radius 2 is 0.951 bits per heavy atom. The fraction of sp³-hybridized carbons (Fsp3) is 0.235. The van der Waals surface area contributed by atoms with E-state index in [9.17, 15) is 19.8 Å². The summed E-state index contributed by atoms with van der Waals surface area (Å²) < 4.78 is 11.6. The Balaban J connectivity index is 0.000000184. The summed E-state index contributed by atoms with van der Waals surface area (Å²) in [4.78, 5) is 23.1. The van der Waals surface area contributed by atoms with Crippen LogP contribution in [0.2, 0.25) is 0 Å². The minimum atomic E-state index is -1.13. The summed E-state index contributed by atoms with van der Waals surface area (Å²) in [5.41, 5.74) is 5.61. The Hall–Kier alpha value is -4.06. The van der Waals surface area contributed by atoms with Crippen molar-refractivity contribution in [3.8, 4) is 23.0 Å². The van der Waals surface area contributed by atoms with E-state index in [1.807, 2.05) is 100 Å². The van der Waals surface area contributed by atoms with Crippen LogP contribution in [0, 0.1) is 0 Å². The number of hydrogen-bond acceptors (Lipinski definition) is 6. The second kappa shape index (κ2) is 12.2.